The smallest absolute Gasteiger partial charge is 0.419 e. The Morgan fingerprint density at radius 2 is 2.08 bits per heavy atom. The van der Waals surface area contributed by atoms with Crippen LogP contribution in [0, 0.1) is 5.82 Å². The molecule has 1 atom stereocenters. The monoisotopic (exact) mass is 346 g/mol. The molecule has 132 valence electrons. The zero-order valence-corrected chi connectivity index (χ0v) is 13.1. The van der Waals surface area contributed by atoms with Gasteiger partial charge in [0.25, 0.3) is 0 Å². The van der Waals surface area contributed by atoms with E-state index in [0.717, 1.165) is 25.1 Å². The van der Waals surface area contributed by atoms with Crippen molar-refractivity contribution in [3.8, 4) is 0 Å². The maximum Gasteiger partial charge on any atom is 0.419 e. The van der Waals surface area contributed by atoms with Crippen LogP contribution in [-0.2, 0) is 16.5 Å². The lowest BCUT2D eigenvalue weighted by molar-refractivity contribution is -0.140. The Kier molecular flexibility index (Phi) is 4.19. The first kappa shape index (κ1) is 17.0. The van der Waals surface area contributed by atoms with E-state index < -0.39 is 29.3 Å². The lowest BCUT2D eigenvalue weighted by atomic mass is 10.0. The van der Waals surface area contributed by atoms with Crippen LogP contribution in [0.1, 0.15) is 30.4 Å². The van der Waals surface area contributed by atoms with Crippen molar-refractivity contribution in [3.05, 3.63) is 35.1 Å². The molecule has 3 rings (SSSR count). The van der Waals surface area contributed by atoms with Gasteiger partial charge in [-0.15, -0.1) is 0 Å². The summed E-state index contributed by atoms with van der Waals surface area (Å²) >= 11 is 0. The predicted octanol–water partition coefficient (Wildman–Crippen LogP) is 3.26. The summed E-state index contributed by atoms with van der Waals surface area (Å²) in [5, 5.41) is 3.16. The van der Waals surface area contributed by atoms with E-state index in [1.54, 1.807) is 7.05 Å². The standard InChI is InChI=1S/C16H18F4N2O2/c1-22(9-11-4-7-21-11)14(23)24-15(5-6-15)10-2-3-13(17)12(8-10)16(18,19)20/h2-3,8,11,21H,4-7,9H2,1H3. The first-order chi connectivity index (χ1) is 11.2. The molecule has 1 aromatic carbocycles. The van der Waals surface area contributed by atoms with Crippen LogP contribution in [0.3, 0.4) is 0 Å². The Hall–Kier alpha value is -1.83. The minimum atomic E-state index is -4.78. The zero-order chi connectivity index (χ0) is 17.5. The zero-order valence-electron chi connectivity index (χ0n) is 13.1. The summed E-state index contributed by atoms with van der Waals surface area (Å²) in [5.41, 5.74) is -2.24. The van der Waals surface area contributed by atoms with Gasteiger partial charge in [-0.3, -0.25) is 0 Å². The van der Waals surface area contributed by atoms with E-state index in [-0.39, 0.29) is 11.6 Å². The van der Waals surface area contributed by atoms with Crippen molar-refractivity contribution in [3.63, 3.8) is 0 Å². The first-order valence-corrected chi connectivity index (χ1v) is 7.76. The molecule has 1 heterocycles. The van der Waals surface area contributed by atoms with E-state index in [1.165, 1.54) is 11.0 Å². The van der Waals surface area contributed by atoms with Gasteiger partial charge in [-0.25, -0.2) is 9.18 Å². The number of nitrogens with one attached hydrogen (secondary N) is 1. The van der Waals surface area contributed by atoms with Gasteiger partial charge in [0, 0.05) is 19.6 Å². The molecule has 1 saturated carbocycles. The molecule has 8 heteroatoms. The minimum Gasteiger partial charge on any atom is -0.438 e. The Morgan fingerprint density at radius 1 is 1.42 bits per heavy atom. The van der Waals surface area contributed by atoms with Gasteiger partial charge < -0.3 is 15.0 Å². The Labute approximate surface area is 136 Å². The number of ether oxygens (including phenoxy) is 1. The van der Waals surface area contributed by atoms with Gasteiger partial charge in [0.15, 0.2) is 0 Å². The Bertz CT molecular complexity index is 639. The van der Waals surface area contributed by atoms with Gasteiger partial charge in [0.05, 0.1) is 5.56 Å². The summed E-state index contributed by atoms with van der Waals surface area (Å²) in [6, 6.07) is 2.98. The molecule has 1 amide bonds. The number of likely N-dealkylation sites (N-methyl/N-ethyl adjacent to an activating group) is 1. The summed E-state index contributed by atoms with van der Waals surface area (Å²) in [6.07, 6.45) is -3.55. The van der Waals surface area contributed by atoms with Crippen molar-refractivity contribution in [2.45, 2.75) is 37.1 Å². The number of carbonyl (C=O) groups excluding carboxylic acids is 1. The van der Waals surface area contributed by atoms with Crippen molar-refractivity contribution in [1.29, 1.82) is 0 Å². The molecule has 4 nitrogen and oxygen atoms in total. The quantitative estimate of drug-likeness (QED) is 0.851. The number of halogens is 4. The van der Waals surface area contributed by atoms with E-state index in [1.807, 2.05) is 0 Å². The molecule has 1 aliphatic heterocycles. The Morgan fingerprint density at radius 3 is 2.58 bits per heavy atom. The summed E-state index contributed by atoms with van der Waals surface area (Å²) in [6.45, 7) is 1.39. The van der Waals surface area contributed by atoms with Crippen LogP contribution in [0.2, 0.25) is 0 Å². The number of alkyl halides is 3. The van der Waals surface area contributed by atoms with Crippen molar-refractivity contribution in [2.24, 2.45) is 0 Å². The van der Waals surface area contributed by atoms with Gasteiger partial charge in [0.1, 0.15) is 11.4 Å². The predicted molar refractivity (Wildman–Crippen MR) is 77.8 cm³/mol. The molecule has 2 fully saturated rings. The van der Waals surface area contributed by atoms with Crippen molar-refractivity contribution in [1.82, 2.24) is 10.2 Å². The molecular weight excluding hydrogens is 328 g/mol. The SMILES string of the molecule is CN(CC1CCN1)C(=O)OC1(c2ccc(F)c(C(F)(F)F)c2)CC1. The highest BCUT2D eigenvalue weighted by Gasteiger charge is 2.50. The molecule has 0 bridgehead atoms. The van der Waals surface area contributed by atoms with Crippen molar-refractivity contribution >= 4 is 6.09 Å². The average molecular weight is 346 g/mol. The second-order valence-electron chi connectivity index (χ2n) is 6.37. The molecule has 2 aliphatic rings. The third-order valence-corrected chi connectivity index (χ3v) is 4.52. The normalized spacial score (nSPS) is 21.8. The number of carbonyl (C=O) groups is 1. The van der Waals surface area contributed by atoms with E-state index in [0.29, 0.717) is 19.4 Å². The van der Waals surface area contributed by atoms with Gasteiger partial charge in [0.2, 0.25) is 0 Å². The average Bonchev–Trinajstić information content (AvgIpc) is 3.22. The number of benzene rings is 1. The second kappa shape index (κ2) is 5.91. The molecule has 0 spiro atoms. The van der Waals surface area contributed by atoms with Crippen LogP contribution in [0.5, 0.6) is 0 Å². The fraction of sp³-hybridized carbons (Fsp3) is 0.562. The molecule has 1 unspecified atom stereocenters. The number of nitrogens with zero attached hydrogens (tertiary/aromatic N) is 1. The van der Waals surface area contributed by atoms with E-state index in [9.17, 15) is 22.4 Å². The second-order valence-corrected chi connectivity index (χ2v) is 6.37. The minimum absolute atomic E-state index is 0.180. The highest BCUT2D eigenvalue weighted by molar-refractivity contribution is 5.68. The van der Waals surface area contributed by atoms with Gasteiger partial charge >= 0.3 is 12.3 Å². The Balaban J connectivity index is 1.73. The van der Waals surface area contributed by atoms with Crippen LogP contribution in [0.25, 0.3) is 0 Å². The molecule has 0 radical (unpaired) electrons. The first-order valence-electron chi connectivity index (χ1n) is 7.76. The van der Waals surface area contributed by atoms with E-state index in [4.69, 9.17) is 4.74 Å². The van der Waals surface area contributed by atoms with E-state index >= 15 is 0 Å². The fourth-order valence-corrected chi connectivity index (χ4v) is 2.74. The highest BCUT2D eigenvalue weighted by atomic mass is 19.4. The fourth-order valence-electron chi connectivity index (χ4n) is 2.74. The lowest BCUT2D eigenvalue weighted by Gasteiger charge is -2.32. The maximum atomic E-state index is 13.4. The number of amides is 1. The number of hydrogen-bond acceptors (Lipinski definition) is 3. The molecule has 1 aromatic rings. The topological polar surface area (TPSA) is 41.6 Å². The van der Waals surface area contributed by atoms with Gasteiger partial charge in [-0.05, 0) is 43.5 Å². The lowest BCUT2D eigenvalue weighted by Crippen LogP contribution is -2.50. The van der Waals surface area contributed by atoms with Crippen LogP contribution >= 0.6 is 0 Å². The van der Waals surface area contributed by atoms with Gasteiger partial charge in [-0.2, -0.15) is 13.2 Å². The largest absolute Gasteiger partial charge is 0.438 e. The summed E-state index contributed by atoms with van der Waals surface area (Å²) in [5.74, 6) is -1.33. The van der Waals surface area contributed by atoms with E-state index in [2.05, 4.69) is 5.32 Å². The van der Waals surface area contributed by atoms with Crippen LogP contribution in [0.4, 0.5) is 22.4 Å². The summed E-state index contributed by atoms with van der Waals surface area (Å²) < 4.78 is 57.4. The molecule has 0 aromatic heterocycles. The van der Waals surface area contributed by atoms with Crippen LogP contribution in [-0.4, -0.2) is 37.2 Å². The van der Waals surface area contributed by atoms with Crippen LogP contribution in [0.15, 0.2) is 18.2 Å². The van der Waals surface area contributed by atoms with Crippen molar-refractivity contribution < 1.29 is 27.1 Å². The highest BCUT2D eigenvalue weighted by Crippen LogP contribution is 2.50. The maximum absolute atomic E-state index is 13.4. The summed E-state index contributed by atoms with van der Waals surface area (Å²) in [7, 11) is 1.59. The number of rotatable bonds is 4. The third-order valence-electron chi connectivity index (χ3n) is 4.52. The van der Waals surface area contributed by atoms with Gasteiger partial charge in [-0.1, -0.05) is 6.07 Å². The molecule has 1 aliphatic carbocycles. The third kappa shape index (κ3) is 3.33. The molecule has 1 saturated heterocycles. The van der Waals surface area contributed by atoms with Crippen LogP contribution < -0.4 is 5.32 Å². The molecule has 24 heavy (non-hydrogen) atoms. The van der Waals surface area contributed by atoms with Crippen molar-refractivity contribution in [2.75, 3.05) is 20.1 Å². The molecular formula is C16H18F4N2O2. The number of hydrogen-bond donors (Lipinski definition) is 1. The summed E-state index contributed by atoms with van der Waals surface area (Å²) in [4.78, 5) is 13.6. The molecule has 1 N–H and O–H groups in total.